The quantitative estimate of drug-likeness (QED) is 0.436. The van der Waals surface area contributed by atoms with Gasteiger partial charge in [0.2, 0.25) is 26.6 Å². The number of aryl methyl sites for hydroxylation is 1. The molecule has 4 rings (SSSR count). The number of anilines is 2. The molecule has 3 aromatic carbocycles. The van der Waals surface area contributed by atoms with Gasteiger partial charge in [0.05, 0.1) is 12.0 Å². The normalized spacial score (nSPS) is 11.3. The van der Waals surface area contributed by atoms with Crippen molar-refractivity contribution in [2.75, 3.05) is 12.4 Å². The monoisotopic (exact) mass is 438 g/mol. The average molecular weight is 438 g/mol. The van der Waals surface area contributed by atoms with E-state index in [1.807, 2.05) is 6.92 Å². The minimum Gasteiger partial charge on any atom is -0.497 e. The van der Waals surface area contributed by atoms with Gasteiger partial charge in [-0.25, -0.2) is 12.8 Å². The lowest BCUT2D eigenvalue weighted by Crippen LogP contribution is -2.05. The minimum absolute atomic E-state index is 0.0574. The molecule has 158 valence electrons. The largest absolute Gasteiger partial charge is 0.497 e. The molecule has 0 fully saturated rings. The van der Waals surface area contributed by atoms with Crippen LogP contribution >= 0.6 is 0 Å². The van der Waals surface area contributed by atoms with Crippen LogP contribution < -0.4 is 10.1 Å². The molecule has 4 aromatic rings. The second-order valence-corrected chi connectivity index (χ2v) is 8.70. The molecule has 8 heteroatoms. The lowest BCUT2D eigenvalue weighted by atomic mass is 10.2. The van der Waals surface area contributed by atoms with Gasteiger partial charge in [-0.05, 0) is 67.6 Å². The van der Waals surface area contributed by atoms with Gasteiger partial charge in [0, 0.05) is 11.3 Å². The van der Waals surface area contributed by atoms with Crippen molar-refractivity contribution >= 4 is 21.4 Å². The summed E-state index contributed by atoms with van der Waals surface area (Å²) in [5, 5.41) is 2.64. The molecule has 0 radical (unpaired) electrons. The Labute approximate surface area is 179 Å². The van der Waals surface area contributed by atoms with E-state index in [2.05, 4.69) is 10.3 Å². The van der Waals surface area contributed by atoms with Gasteiger partial charge in [0.1, 0.15) is 11.6 Å². The summed E-state index contributed by atoms with van der Waals surface area (Å²) in [6.45, 7) is 1.87. The summed E-state index contributed by atoms with van der Waals surface area (Å²) in [6.07, 6.45) is 0. The molecular formula is C23H19FN2O4S. The molecule has 0 spiro atoms. The van der Waals surface area contributed by atoms with E-state index in [0.29, 0.717) is 17.0 Å². The lowest BCUT2D eigenvalue weighted by Gasteiger charge is -2.06. The van der Waals surface area contributed by atoms with Gasteiger partial charge in [0.15, 0.2) is 0 Å². The summed E-state index contributed by atoms with van der Waals surface area (Å²) in [5.41, 5.74) is 1.97. The topological polar surface area (TPSA) is 81.4 Å². The van der Waals surface area contributed by atoms with Crippen molar-refractivity contribution in [2.45, 2.75) is 16.8 Å². The number of nitrogens with zero attached hydrogens (tertiary/aromatic N) is 1. The summed E-state index contributed by atoms with van der Waals surface area (Å²) in [7, 11) is -2.43. The lowest BCUT2D eigenvalue weighted by molar-refractivity contribution is 0.415. The van der Waals surface area contributed by atoms with Crippen LogP contribution in [0.25, 0.3) is 11.5 Å². The van der Waals surface area contributed by atoms with E-state index in [1.165, 1.54) is 36.4 Å². The van der Waals surface area contributed by atoms with Gasteiger partial charge in [-0.2, -0.15) is 4.98 Å². The van der Waals surface area contributed by atoms with Crippen LogP contribution in [0.3, 0.4) is 0 Å². The third kappa shape index (κ3) is 4.29. The Morgan fingerprint density at radius 2 is 1.58 bits per heavy atom. The van der Waals surface area contributed by atoms with Gasteiger partial charge < -0.3 is 14.5 Å². The summed E-state index contributed by atoms with van der Waals surface area (Å²) >= 11 is 0. The van der Waals surface area contributed by atoms with Gasteiger partial charge in [-0.3, -0.25) is 0 Å². The number of ether oxygens (including phenoxy) is 1. The summed E-state index contributed by atoms with van der Waals surface area (Å²) in [5.74, 6) is 0.304. The Morgan fingerprint density at radius 3 is 2.19 bits per heavy atom. The van der Waals surface area contributed by atoms with Gasteiger partial charge in [-0.15, -0.1) is 0 Å². The van der Waals surface area contributed by atoms with Crippen molar-refractivity contribution in [1.82, 2.24) is 4.98 Å². The predicted octanol–water partition coefficient (Wildman–Crippen LogP) is 5.37. The maximum Gasteiger partial charge on any atom is 0.238 e. The third-order valence-electron chi connectivity index (χ3n) is 4.62. The molecule has 0 atom stereocenters. The predicted molar refractivity (Wildman–Crippen MR) is 115 cm³/mol. The van der Waals surface area contributed by atoms with E-state index >= 15 is 0 Å². The number of methoxy groups -OCH3 is 1. The standard InChI is InChI=1S/C23H19FN2O4S/c1-15-3-13-20(14-4-15)31(27,28)23-22(25-18-9-7-17(24)8-10-18)30-21(26-23)16-5-11-19(29-2)12-6-16/h3-14,25H,1-2H3. The van der Waals surface area contributed by atoms with Crippen LogP contribution in [-0.4, -0.2) is 20.5 Å². The van der Waals surface area contributed by atoms with Crippen LogP contribution in [0.5, 0.6) is 5.75 Å². The Morgan fingerprint density at radius 1 is 0.935 bits per heavy atom. The van der Waals surface area contributed by atoms with Crippen molar-refractivity contribution in [3.05, 3.63) is 84.2 Å². The Hall–Kier alpha value is -3.65. The van der Waals surface area contributed by atoms with E-state index < -0.39 is 15.7 Å². The van der Waals surface area contributed by atoms with Crippen LogP contribution in [0.4, 0.5) is 16.0 Å². The van der Waals surface area contributed by atoms with Gasteiger partial charge >= 0.3 is 0 Å². The van der Waals surface area contributed by atoms with Crippen LogP contribution in [-0.2, 0) is 9.84 Å². The van der Waals surface area contributed by atoms with Crippen molar-refractivity contribution in [1.29, 1.82) is 0 Å². The number of halogens is 1. The Bertz CT molecular complexity index is 1300. The molecule has 0 amide bonds. The van der Waals surface area contributed by atoms with Crippen molar-refractivity contribution < 1.29 is 22.0 Å². The first-order chi connectivity index (χ1) is 14.9. The highest BCUT2D eigenvalue weighted by atomic mass is 32.2. The zero-order chi connectivity index (χ0) is 22.0. The molecule has 0 saturated heterocycles. The van der Waals surface area contributed by atoms with Crippen LogP contribution in [0, 0.1) is 12.7 Å². The van der Waals surface area contributed by atoms with Crippen molar-refractivity contribution in [3.63, 3.8) is 0 Å². The average Bonchev–Trinajstić information content (AvgIpc) is 3.20. The number of hydrogen-bond donors (Lipinski definition) is 1. The minimum atomic E-state index is -3.98. The first-order valence-corrected chi connectivity index (χ1v) is 10.8. The third-order valence-corrected chi connectivity index (χ3v) is 6.30. The van der Waals surface area contributed by atoms with Gasteiger partial charge in [0.25, 0.3) is 0 Å². The number of oxazole rings is 1. The second-order valence-electron chi connectivity index (χ2n) is 6.83. The van der Waals surface area contributed by atoms with Crippen molar-refractivity contribution in [2.24, 2.45) is 0 Å². The zero-order valence-corrected chi connectivity index (χ0v) is 17.6. The molecular weight excluding hydrogens is 419 g/mol. The second kappa shape index (κ2) is 8.23. The van der Waals surface area contributed by atoms with Crippen molar-refractivity contribution in [3.8, 4) is 17.2 Å². The number of nitrogens with one attached hydrogen (secondary N) is 1. The van der Waals surface area contributed by atoms with Crippen LogP contribution in [0.2, 0.25) is 0 Å². The maximum absolute atomic E-state index is 13.3. The highest BCUT2D eigenvalue weighted by Gasteiger charge is 2.28. The number of rotatable bonds is 6. The van der Waals surface area contributed by atoms with Crippen LogP contribution in [0.1, 0.15) is 5.56 Å². The number of hydrogen-bond acceptors (Lipinski definition) is 6. The zero-order valence-electron chi connectivity index (χ0n) is 16.8. The number of aromatic nitrogens is 1. The van der Waals surface area contributed by atoms with E-state index in [9.17, 15) is 12.8 Å². The van der Waals surface area contributed by atoms with E-state index in [1.54, 1.807) is 43.5 Å². The van der Waals surface area contributed by atoms with E-state index in [0.717, 1.165) is 5.56 Å². The summed E-state index contributed by atoms with van der Waals surface area (Å²) < 4.78 is 50.8. The number of benzene rings is 3. The molecule has 1 N–H and O–H groups in total. The first-order valence-electron chi connectivity index (χ1n) is 9.36. The molecule has 0 aliphatic rings. The molecule has 0 saturated carbocycles. The summed E-state index contributed by atoms with van der Waals surface area (Å²) in [4.78, 5) is 4.38. The molecule has 31 heavy (non-hydrogen) atoms. The van der Waals surface area contributed by atoms with Gasteiger partial charge in [-0.1, -0.05) is 17.7 Å². The highest BCUT2D eigenvalue weighted by molar-refractivity contribution is 7.91. The molecule has 6 nitrogen and oxygen atoms in total. The fourth-order valence-electron chi connectivity index (χ4n) is 2.92. The number of sulfone groups is 1. The fourth-order valence-corrected chi connectivity index (χ4v) is 4.18. The molecule has 0 aliphatic carbocycles. The summed E-state index contributed by atoms with van der Waals surface area (Å²) in [6, 6.07) is 18.8. The first kappa shape index (κ1) is 20.6. The molecule has 1 heterocycles. The van der Waals surface area contributed by atoms with E-state index in [-0.39, 0.29) is 21.7 Å². The maximum atomic E-state index is 13.3. The molecule has 0 unspecified atom stereocenters. The SMILES string of the molecule is COc1ccc(-c2nc(S(=O)(=O)c3ccc(C)cc3)c(Nc3ccc(F)cc3)o2)cc1. The van der Waals surface area contributed by atoms with E-state index in [4.69, 9.17) is 9.15 Å². The molecule has 1 aromatic heterocycles. The smallest absolute Gasteiger partial charge is 0.238 e. The fraction of sp³-hybridized carbons (Fsp3) is 0.0870. The molecule has 0 bridgehead atoms. The van der Waals surface area contributed by atoms with Crippen LogP contribution in [0.15, 0.2) is 87.1 Å². The highest BCUT2D eigenvalue weighted by Crippen LogP contribution is 2.34. The Kier molecular flexibility index (Phi) is 5.48. The Balaban J connectivity index is 1.81. The molecule has 0 aliphatic heterocycles.